The minimum atomic E-state index is 0.696. The second-order valence-electron chi connectivity index (χ2n) is 6.96. The minimum Gasteiger partial charge on any atom is -0.496 e. The van der Waals surface area contributed by atoms with Crippen molar-refractivity contribution >= 4 is 23.4 Å². The number of rotatable bonds is 6. The molecule has 0 saturated heterocycles. The number of thioether (sulfide) groups is 1. The molecule has 0 aliphatic rings. The van der Waals surface area contributed by atoms with Crippen LogP contribution in [0.25, 0.3) is 16.9 Å². The Labute approximate surface area is 185 Å². The van der Waals surface area contributed by atoms with Gasteiger partial charge in [0.25, 0.3) is 0 Å². The lowest BCUT2D eigenvalue weighted by atomic mass is 10.1. The van der Waals surface area contributed by atoms with Crippen LogP contribution in [0.4, 0.5) is 0 Å². The number of aryl methyl sites for hydroxylation is 1. The summed E-state index contributed by atoms with van der Waals surface area (Å²) in [4.78, 5) is 9.54. The Morgan fingerprint density at radius 1 is 1.03 bits per heavy atom. The first-order valence-electron chi connectivity index (χ1n) is 9.59. The first-order valence-corrected chi connectivity index (χ1v) is 11.0. The third-order valence-corrected chi connectivity index (χ3v) is 6.15. The second-order valence-corrected chi connectivity index (χ2v) is 8.33. The Balaban J connectivity index is 1.70. The van der Waals surface area contributed by atoms with Crippen molar-refractivity contribution in [3.05, 3.63) is 88.8 Å². The Hall–Kier alpha value is -2.76. The highest BCUT2D eigenvalue weighted by Gasteiger charge is 2.15. The first-order chi connectivity index (χ1) is 14.6. The summed E-state index contributed by atoms with van der Waals surface area (Å²) in [5.74, 6) is 1.59. The van der Waals surface area contributed by atoms with Crippen molar-refractivity contribution < 1.29 is 4.74 Å². The highest BCUT2D eigenvalue weighted by molar-refractivity contribution is 7.98. The summed E-state index contributed by atoms with van der Waals surface area (Å²) in [5, 5.41) is 1.61. The number of halogens is 1. The van der Waals surface area contributed by atoms with Gasteiger partial charge in [-0.25, -0.2) is 4.98 Å². The van der Waals surface area contributed by atoms with Crippen LogP contribution in [0.2, 0.25) is 5.02 Å². The lowest BCUT2D eigenvalue weighted by Crippen LogP contribution is -2.00. The molecule has 0 atom stereocenters. The first kappa shape index (κ1) is 20.5. The van der Waals surface area contributed by atoms with Crippen LogP contribution >= 0.6 is 23.4 Å². The van der Waals surface area contributed by atoms with E-state index in [-0.39, 0.29) is 0 Å². The van der Waals surface area contributed by atoms with Crippen molar-refractivity contribution in [3.63, 3.8) is 0 Å². The second kappa shape index (κ2) is 8.94. The number of methoxy groups -OCH3 is 1. The normalized spacial score (nSPS) is 10.9. The number of hydrogen-bond acceptors (Lipinski definition) is 4. The smallest absolute Gasteiger partial charge is 0.173 e. The summed E-state index contributed by atoms with van der Waals surface area (Å²) in [6.07, 6.45) is 3.93. The molecule has 30 heavy (non-hydrogen) atoms. The third-order valence-electron chi connectivity index (χ3n) is 4.94. The molecule has 152 valence electrons. The van der Waals surface area contributed by atoms with Crippen LogP contribution in [-0.4, -0.2) is 21.6 Å². The molecule has 2 heterocycles. The molecule has 4 aromatic rings. The zero-order chi connectivity index (χ0) is 21.1. The fourth-order valence-electron chi connectivity index (χ4n) is 3.35. The van der Waals surface area contributed by atoms with Crippen molar-refractivity contribution in [1.82, 2.24) is 14.5 Å². The van der Waals surface area contributed by atoms with Gasteiger partial charge in [0.1, 0.15) is 5.75 Å². The Morgan fingerprint density at radius 2 is 1.77 bits per heavy atom. The minimum absolute atomic E-state index is 0.696. The van der Waals surface area contributed by atoms with Gasteiger partial charge in [0.15, 0.2) is 5.16 Å². The van der Waals surface area contributed by atoms with Crippen molar-refractivity contribution in [2.75, 3.05) is 7.11 Å². The van der Waals surface area contributed by atoms with Gasteiger partial charge in [-0.2, -0.15) is 0 Å². The van der Waals surface area contributed by atoms with E-state index in [2.05, 4.69) is 34.8 Å². The number of imidazole rings is 1. The summed E-state index contributed by atoms with van der Waals surface area (Å²) in [6, 6.07) is 18.0. The monoisotopic (exact) mass is 435 g/mol. The van der Waals surface area contributed by atoms with E-state index in [0.717, 1.165) is 44.7 Å². The Bertz CT molecular complexity index is 1160. The van der Waals surface area contributed by atoms with E-state index in [1.807, 2.05) is 55.6 Å². The van der Waals surface area contributed by atoms with Gasteiger partial charge >= 0.3 is 0 Å². The molecule has 4 nitrogen and oxygen atoms in total. The number of ether oxygens (including phenoxy) is 1. The van der Waals surface area contributed by atoms with Crippen LogP contribution in [0.1, 0.15) is 16.8 Å². The molecule has 4 rings (SSSR count). The lowest BCUT2D eigenvalue weighted by Gasteiger charge is -2.12. The predicted octanol–water partition coefficient (Wildman–Crippen LogP) is 6.51. The van der Waals surface area contributed by atoms with Crippen LogP contribution in [0, 0.1) is 13.8 Å². The molecule has 0 radical (unpaired) electrons. The van der Waals surface area contributed by atoms with Gasteiger partial charge in [0.05, 0.1) is 18.5 Å². The molecule has 2 aromatic heterocycles. The van der Waals surface area contributed by atoms with Crippen molar-refractivity contribution in [2.24, 2.45) is 0 Å². The quantitative estimate of drug-likeness (QED) is 0.324. The SMILES string of the molecule is COc1c(C)cnc(CSc2nc(-c3ccccc3)cn2-c2ccc(Cl)cc2)c1C. The highest BCUT2D eigenvalue weighted by Crippen LogP contribution is 2.32. The molecular formula is C24H22ClN3OS. The number of nitrogens with zero attached hydrogens (tertiary/aromatic N) is 3. The maximum absolute atomic E-state index is 6.09. The van der Waals surface area contributed by atoms with E-state index in [4.69, 9.17) is 21.3 Å². The number of aromatic nitrogens is 3. The topological polar surface area (TPSA) is 39.9 Å². The molecule has 0 spiro atoms. The van der Waals surface area contributed by atoms with Crippen LogP contribution in [0.5, 0.6) is 5.75 Å². The molecule has 6 heteroatoms. The molecular weight excluding hydrogens is 414 g/mol. The van der Waals surface area contributed by atoms with Crippen LogP contribution in [0.15, 0.2) is 72.1 Å². The number of benzene rings is 2. The van der Waals surface area contributed by atoms with E-state index in [1.165, 1.54) is 0 Å². The van der Waals surface area contributed by atoms with Gasteiger partial charge in [0.2, 0.25) is 0 Å². The number of pyridine rings is 1. The van der Waals surface area contributed by atoms with Gasteiger partial charge in [-0.15, -0.1) is 0 Å². The third kappa shape index (κ3) is 4.23. The van der Waals surface area contributed by atoms with E-state index in [0.29, 0.717) is 10.8 Å². The van der Waals surface area contributed by atoms with Gasteiger partial charge in [-0.3, -0.25) is 9.55 Å². The van der Waals surface area contributed by atoms with Gasteiger partial charge in [0, 0.05) is 45.5 Å². The average molecular weight is 436 g/mol. The molecule has 2 aromatic carbocycles. The number of hydrogen-bond donors (Lipinski definition) is 0. The van der Waals surface area contributed by atoms with E-state index in [9.17, 15) is 0 Å². The molecule has 0 aliphatic carbocycles. The zero-order valence-electron chi connectivity index (χ0n) is 17.1. The van der Waals surface area contributed by atoms with Crippen LogP contribution in [-0.2, 0) is 5.75 Å². The van der Waals surface area contributed by atoms with Crippen molar-refractivity contribution in [3.8, 4) is 22.7 Å². The van der Waals surface area contributed by atoms with Crippen molar-refractivity contribution in [2.45, 2.75) is 24.8 Å². The van der Waals surface area contributed by atoms with Gasteiger partial charge in [-0.1, -0.05) is 53.7 Å². The maximum Gasteiger partial charge on any atom is 0.173 e. The van der Waals surface area contributed by atoms with Crippen molar-refractivity contribution in [1.29, 1.82) is 0 Å². The van der Waals surface area contributed by atoms with Gasteiger partial charge < -0.3 is 4.74 Å². The molecule has 0 fully saturated rings. The molecule has 0 unspecified atom stereocenters. The summed E-state index contributed by atoms with van der Waals surface area (Å²) >= 11 is 7.74. The maximum atomic E-state index is 6.09. The average Bonchev–Trinajstić information content (AvgIpc) is 3.19. The molecule has 0 saturated carbocycles. The molecule has 0 bridgehead atoms. The summed E-state index contributed by atoms with van der Waals surface area (Å²) < 4.78 is 7.65. The fourth-order valence-corrected chi connectivity index (χ4v) is 4.49. The summed E-state index contributed by atoms with van der Waals surface area (Å²) in [6.45, 7) is 4.06. The molecule has 0 amide bonds. The summed E-state index contributed by atoms with van der Waals surface area (Å²) in [5.41, 5.74) is 6.13. The van der Waals surface area contributed by atoms with E-state index < -0.39 is 0 Å². The summed E-state index contributed by atoms with van der Waals surface area (Å²) in [7, 11) is 1.70. The Kier molecular flexibility index (Phi) is 6.11. The lowest BCUT2D eigenvalue weighted by molar-refractivity contribution is 0.407. The van der Waals surface area contributed by atoms with Crippen LogP contribution < -0.4 is 4.74 Å². The largest absolute Gasteiger partial charge is 0.496 e. The van der Waals surface area contributed by atoms with E-state index in [1.54, 1.807) is 18.9 Å². The van der Waals surface area contributed by atoms with Gasteiger partial charge in [-0.05, 0) is 38.1 Å². The Morgan fingerprint density at radius 3 is 2.47 bits per heavy atom. The standard InChI is InChI=1S/C24H22ClN3OS/c1-16-13-26-22(17(2)23(16)29-3)15-30-24-27-21(18-7-5-4-6-8-18)14-28(24)20-11-9-19(25)10-12-20/h4-14H,15H2,1-3H3. The predicted molar refractivity (Wildman–Crippen MR) is 124 cm³/mol. The van der Waals surface area contributed by atoms with E-state index >= 15 is 0 Å². The van der Waals surface area contributed by atoms with Crippen LogP contribution in [0.3, 0.4) is 0 Å². The molecule has 0 aliphatic heterocycles. The highest BCUT2D eigenvalue weighted by atomic mass is 35.5. The zero-order valence-corrected chi connectivity index (χ0v) is 18.7. The molecule has 0 N–H and O–H groups in total. The fraction of sp³-hybridized carbons (Fsp3) is 0.167.